The van der Waals surface area contributed by atoms with E-state index >= 15 is 0 Å². The third-order valence-electron chi connectivity index (χ3n) is 4.21. The molecule has 0 bridgehead atoms. The molecule has 0 aliphatic rings. The number of rotatable bonds is 2. The van der Waals surface area contributed by atoms with Crippen molar-refractivity contribution in [2.45, 2.75) is 72.6 Å². The van der Waals surface area contributed by atoms with Crippen LogP contribution < -0.4 is 5.73 Å². The molecule has 0 aromatic heterocycles. The van der Waals surface area contributed by atoms with E-state index in [2.05, 4.69) is 96.1 Å². The van der Waals surface area contributed by atoms with E-state index < -0.39 is 0 Å². The van der Waals surface area contributed by atoms with Gasteiger partial charge in [0.15, 0.2) is 0 Å². The molecule has 0 aliphatic heterocycles. The summed E-state index contributed by atoms with van der Waals surface area (Å²) in [5.74, 6) is 0. The van der Waals surface area contributed by atoms with Gasteiger partial charge >= 0.3 is 27.7 Å². The van der Waals surface area contributed by atoms with E-state index in [0.717, 1.165) is 16.8 Å². The number of para-hydroxylation sites is 1. The summed E-state index contributed by atoms with van der Waals surface area (Å²) in [4.78, 5) is 0. The van der Waals surface area contributed by atoms with Crippen molar-refractivity contribution in [3.63, 3.8) is 0 Å². The molecule has 4 heteroatoms. The average molecular weight is 526 g/mol. The molecule has 2 aromatic rings. The zero-order valence-corrected chi connectivity index (χ0v) is 22.7. The van der Waals surface area contributed by atoms with Crippen molar-refractivity contribution >= 4 is 23.1 Å². The van der Waals surface area contributed by atoms with Crippen molar-refractivity contribution in [1.29, 1.82) is 0 Å². The van der Waals surface area contributed by atoms with Crippen LogP contribution >= 0.6 is 17.5 Å². The van der Waals surface area contributed by atoms with Crippen molar-refractivity contribution in [3.05, 3.63) is 54.6 Å². The Labute approximate surface area is 196 Å². The Morgan fingerprint density at radius 2 is 1.31 bits per heavy atom. The molecule has 2 rings (SSSR count). The molecule has 166 valence electrons. The first kappa shape index (κ1) is 28.6. The Kier molecular flexibility index (Phi) is 12.3. The Morgan fingerprint density at radius 3 is 1.66 bits per heavy atom. The molecule has 0 heterocycles. The SMILES string of the molecule is CC(C)(C)CP(C(C)(C)C)C(C)(C)C.Nc1ccccc1-c1[c-]cccc1.[Cl][Pd+]. The monoisotopic (exact) mass is 525 g/mol. The first-order valence-electron chi connectivity index (χ1n) is 9.93. The van der Waals surface area contributed by atoms with E-state index in [1.807, 2.05) is 48.5 Å². The molecule has 2 N–H and O–H groups in total. The Bertz CT molecular complexity index is 683. The molecule has 0 unspecified atom stereocenters. The zero-order chi connectivity index (χ0) is 22.9. The summed E-state index contributed by atoms with van der Waals surface area (Å²) >= 11 is 2.22. The van der Waals surface area contributed by atoms with Crippen molar-refractivity contribution in [3.8, 4) is 11.1 Å². The maximum atomic E-state index is 5.83. The molecule has 2 aromatic carbocycles. The number of nitrogen functional groups attached to an aromatic ring is 1. The van der Waals surface area contributed by atoms with Gasteiger partial charge in [0.25, 0.3) is 0 Å². The third kappa shape index (κ3) is 11.6. The van der Waals surface area contributed by atoms with Gasteiger partial charge in [0.05, 0.1) is 0 Å². The van der Waals surface area contributed by atoms with Gasteiger partial charge in [-0.1, -0.05) is 94.0 Å². The maximum absolute atomic E-state index is 5.83. The molecular weight excluding hydrogens is 487 g/mol. The number of anilines is 1. The molecule has 0 atom stereocenters. The number of nitrogens with two attached hydrogens (primary N) is 1. The van der Waals surface area contributed by atoms with E-state index in [-0.39, 0.29) is 7.92 Å². The summed E-state index contributed by atoms with van der Waals surface area (Å²) in [5.41, 5.74) is 9.18. The molecule has 0 radical (unpaired) electrons. The number of hydrogen-bond acceptors (Lipinski definition) is 1. The minimum atomic E-state index is 0.0692. The molecule has 0 fully saturated rings. The van der Waals surface area contributed by atoms with Crippen molar-refractivity contribution in [2.24, 2.45) is 5.41 Å². The van der Waals surface area contributed by atoms with Gasteiger partial charge in [-0.2, -0.15) is 0 Å². The molecule has 0 aliphatic carbocycles. The predicted octanol–water partition coefficient (Wildman–Crippen LogP) is 8.53. The molecule has 0 saturated heterocycles. The fourth-order valence-electron chi connectivity index (χ4n) is 3.26. The topological polar surface area (TPSA) is 26.0 Å². The quantitative estimate of drug-likeness (QED) is 0.181. The van der Waals surface area contributed by atoms with Crippen LogP contribution in [0.1, 0.15) is 62.3 Å². The van der Waals surface area contributed by atoms with E-state index in [9.17, 15) is 0 Å². The van der Waals surface area contributed by atoms with Crippen LogP contribution in [-0.2, 0) is 18.2 Å². The molecule has 0 amide bonds. The second-order valence-electron chi connectivity index (χ2n) is 10.4. The van der Waals surface area contributed by atoms with Crippen molar-refractivity contribution in [1.82, 2.24) is 0 Å². The molecular formula is C25H39ClNPPd. The van der Waals surface area contributed by atoms with E-state index in [1.165, 1.54) is 6.16 Å². The summed E-state index contributed by atoms with van der Waals surface area (Å²) in [7, 11) is 4.56. The van der Waals surface area contributed by atoms with Gasteiger partial charge in [-0.15, -0.1) is 35.9 Å². The third-order valence-corrected chi connectivity index (χ3v) is 8.72. The summed E-state index contributed by atoms with van der Waals surface area (Å²) < 4.78 is 0. The summed E-state index contributed by atoms with van der Waals surface area (Å²) in [5, 5.41) is 0.946. The van der Waals surface area contributed by atoms with Crippen LogP contribution in [0.5, 0.6) is 0 Å². The standard InChI is InChI=1S/C13H29P.C12H10N.ClH.Pd/c1-11(2,3)10-14(12(4,5)6)13(7,8)9;13-12-9-5-4-8-11(12)10-6-2-1-3-7-10;;/h10H2,1-9H3;1-6,8-9H,13H2;1H;/q;-1;;+2/p-1. The van der Waals surface area contributed by atoms with Gasteiger partial charge < -0.3 is 5.73 Å². The summed E-state index contributed by atoms with van der Waals surface area (Å²) in [6.45, 7) is 21.5. The second-order valence-corrected chi connectivity index (χ2v) is 14.2. The fraction of sp³-hybridized carbons (Fsp3) is 0.520. The number of benzene rings is 2. The van der Waals surface area contributed by atoms with Crippen LogP contribution in [0, 0.1) is 11.5 Å². The van der Waals surface area contributed by atoms with Gasteiger partial charge in [-0.05, 0) is 33.6 Å². The molecule has 0 spiro atoms. The average Bonchev–Trinajstić information content (AvgIpc) is 2.61. The van der Waals surface area contributed by atoms with Gasteiger partial charge in [0, 0.05) is 0 Å². The Hall–Kier alpha value is -0.378. The van der Waals surface area contributed by atoms with Crippen molar-refractivity contribution in [2.75, 3.05) is 11.9 Å². The molecule has 29 heavy (non-hydrogen) atoms. The van der Waals surface area contributed by atoms with E-state index in [0.29, 0.717) is 15.7 Å². The number of halogens is 1. The van der Waals surface area contributed by atoms with Gasteiger partial charge in [0.1, 0.15) is 0 Å². The van der Waals surface area contributed by atoms with Crippen LogP contribution in [-0.4, -0.2) is 16.5 Å². The van der Waals surface area contributed by atoms with E-state index in [4.69, 9.17) is 5.73 Å². The zero-order valence-electron chi connectivity index (χ0n) is 19.5. The van der Waals surface area contributed by atoms with Crippen LogP contribution in [0.4, 0.5) is 5.69 Å². The van der Waals surface area contributed by atoms with Crippen LogP contribution in [0.3, 0.4) is 0 Å². The minimum absolute atomic E-state index is 0.0692. The summed E-state index contributed by atoms with van der Waals surface area (Å²) in [6, 6.07) is 18.8. The van der Waals surface area contributed by atoms with E-state index in [1.54, 1.807) is 0 Å². The summed E-state index contributed by atoms with van der Waals surface area (Å²) in [6.07, 6.45) is 1.37. The molecule has 1 nitrogen and oxygen atoms in total. The Balaban J connectivity index is 0.000000498. The normalized spacial score (nSPS) is 11.9. The Morgan fingerprint density at radius 1 is 0.828 bits per heavy atom. The van der Waals surface area contributed by atoms with Crippen LogP contribution in [0.15, 0.2) is 48.5 Å². The van der Waals surface area contributed by atoms with Gasteiger partial charge in [0.2, 0.25) is 0 Å². The van der Waals surface area contributed by atoms with Crippen LogP contribution in [0.25, 0.3) is 11.1 Å². The number of hydrogen-bond donors (Lipinski definition) is 1. The predicted molar refractivity (Wildman–Crippen MR) is 132 cm³/mol. The fourth-order valence-corrected chi connectivity index (χ4v) is 7.17. The first-order chi connectivity index (χ1) is 13.2. The first-order valence-corrected chi connectivity index (χ1v) is 13.5. The van der Waals surface area contributed by atoms with Crippen LogP contribution in [0.2, 0.25) is 0 Å². The van der Waals surface area contributed by atoms with Crippen molar-refractivity contribution < 1.29 is 18.2 Å². The second kappa shape index (κ2) is 12.5. The molecule has 0 saturated carbocycles. The van der Waals surface area contributed by atoms with Gasteiger partial charge in [-0.3, -0.25) is 0 Å². The van der Waals surface area contributed by atoms with Gasteiger partial charge in [-0.25, -0.2) is 0 Å².